The molecular weight excluding hydrogens is 306 g/mol. The second-order valence-corrected chi connectivity index (χ2v) is 5.08. The maximum atomic E-state index is 12.2. The van der Waals surface area contributed by atoms with E-state index in [-0.39, 0.29) is 6.61 Å². The van der Waals surface area contributed by atoms with Crippen LogP contribution >= 0.6 is 0 Å². The fourth-order valence-corrected chi connectivity index (χ4v) is 2.22. The second kappa shape index (κ2) is 6.38. The van der Waals surface area contributed by atoms with Crippen LogP contribution in [0.15, 0.2) is 41.3 Å². The molecule has 0 unspecified atom stereocenters. The average molecular weight is 323 g/mol. The molecular formula is C17H15N5O2. The van der Waals surface area contributed by atoms with Gasteiger partial charge in [-0.3, -0.25) is 0 Å². The largest absolute Gasteiger partial charge is 0.488 e. The smallest absolute Gasteiger partial charge is 0.368 e. The number of aryl methyl sites for hydroxylation is 2. The molecule has 120 valence electrons. The molecule has 0 aliphatic rings. The lowest BCUT2D eigenvalue weighted by Gasteiger charge is -2.13. The third-order valence-corrected chi connectivity index (χ3v) is 3.51. The van der Waals surface area contributed by atoms with Gasteiger partial charge >= 0.3 is 5.69 Å². The number of ether oxygens (including phenoxy) is 1. The molecule has 0 spiro atoms. The maximum Gasteiger partial charge on any atom is 0.368 e. The first-order valence-electron chi connectivity index (χ1n) is 7.65. The van der Waals surface area contributed by atoms with Crippen molar-refractivity contribution in [2.24, 2.45) is 7.05 Å². The minimum atomic E-state index is -0.398. The van der Waals surface area contributed by atoms with Gasteiger partial charge in [0.25, 0.3) is 0 Å². The summed E-state index contributed by atoms with van der Waals surface area (Å²) in [6, 6.07) is 7.10. The zero-order valence-electron chi connectivity index (χ0n) is 14.2. The lowest BCUT2D eigenvalue weighted by molar-refractivity contribution is 0.302. The lowest BCUT2D eigenvalue weighted by Crippen LogP contribution is -2.23. The standard InChI is InChI=1S/C17H15N5O2/c1-4-14-13(11-24-16-8-6-5-7-12(16)2)15(9-10-18-14)22-17(23)21(3)19-20-22/h1,5-10H,11H2,2-3H3/i5T. The van der Waals surface area contributed by atoms with Gasteiger partial charge in [0, 0.05) is 18.8 Å². The van der Waals surface area contributed by atoms with Crippen LogP contribution in [0.25, 0.3) is 5.69 Å². The Balaban J connectivity index is 2.01. The number of aromatic nitrogens is 5. The minimum Gasteiger partial charge on any atom is -0.488 e. The van der Waals surface area contributed by atoms with Crippen molar-refractivity contribution < 1.29 is 6.11 Å². The number of pyridine rings is 1. The lowest BCUT2D eigenvalue weighted by atomic mass is 10.1. The molecule has 24 heavy (non-hydrogen) atoms. The normalized spacial score (nSPS) is 11.0. The highest BCUT2D eigenvalue weighted by atomic mass is 16.5. The Morgan fingerprint density at radius 2 is 2.21 bits per heavy atom. The van der Waals surface area contributed by atoms with Gasteiger partial charge in [0.15, 0.2) is 0 Å². The Hall–Kier alpha value is -3.40. The van der Waals surface area contributed by atoms with Crippen molar-refractivity contribution in [3.63, 3.8) is 0 Å². The van der Waals surface area contributed by atoms with Crippen molar-refractivity contribution in [1.82, 2.24) is 24.8 Å². The third kappa shape index (κ3) is 2.77. The van der Waals surface area contributed by atoms with Crippen LogP contribution in [0.5, 0.6) is 5.75 Å². The highest BCUT2D eigenvalue weighted by Crippen LogP contribution is 2.21. The van der Waals surface area contributed by atoms with Gasteiger partial charge in [-0.2, -0.15) is 9.36 Å². The van der Waals surface area contributed by atoms with Crippen LogP contribution in [0, 0.1) is 19.3 Å². The zero-order valence-corrected chi connectivity index (χ0v) is 13.2. The van der Waals surface area contributed by atoms with E-state index in [0.29, 0.717) is 28.7 Å². The Morgan fingerprint density at radius 1 is 1.38 bits per heavy atom. The van der Waals surface area contributed by atoms with Crippen LogP contribution in [-0.4, -0.2) is 24.8 Å². The quantitative estimate of drug-likeness (QED) is 0.675. The summed E-state index contributed by atoms with van der Waals surface area (Å²) in [5, 5.41) is 7.56. The van der Waals surface area contributed by atoms with Crippen molar-refractivity contribution >= 4 is 0 Å². The summed E-state index contributed by atoms with van der Waals surface area (Å²) in [6.07, 6.45) is 7.05. The topological polar surface area (TPSA) is 74.8 Å². The van der Waals surface area contributed by atoms with Gasteiger partial charge in [0.05, 0.1) is 7.06 Å². The summed E-state index contributed by atoms with van der Waals surface area (Å²) in [7, 11) is 1.51. The SMILES string of the molecule is [3H]c1ccc(OCc2c(-n3nnn(C)c3=O)ccnc2C#C)c(C)c1. The first-order chi connectivity index (χ1) is 12.0. The van der Waals surface area contributed by atoms with Crippen LogP contribution in [0.2, 0.25) is 0 Å². The van der Waals surface area contributed by atoms with Gasteiger partial charge in [0.2, 0.25) is 0 Å². The van der Waals surface area contributed by atoms with Crippen LogP contribution in [0.3, 0.4) is 0 Å². The van der Waals surface area contributed by atoms with Gasteiger partial charge in [-0.25, -0.2) is 9.78 Å². The van der Waals surface area contributed by atoms with Gasteiger partial charge in [-0.05, 0) is 41.0 Å². The number of benzene rings is 1. The maximum absolute atomic E-state index is 12.2. The predicted molar refractivity (Wildman–Crippen MR) is 87.8 cm³/mol. The average Bonchev–Trinajstić information content (AvgIpc) is 2.93. The van der Waals surface area contributed by atoms with Crippen molar-refractivity contribution in [1.29, 1.82) is 0 Å². The molecule has 3 aromatic rings. The molecule has 0 atom stereocenters. The third-order valence-electron chi connectivity index (χ3n) is 3.51. The molecule has 0 aliphatic heterocycles. The molecule has 0 N–H and O–H groups in total. The highest BCUT2D eigenvalue weighted by Gasteiger charge is 2.15. The summed E-state index contributed by atoms with van der Waals surface area (Å²) < 4.78 is 15.7. The van der Waals surface area contributed by atoms with Gasteiger partial charge in [0.1, 0.15) is 18.1 Å². The molecule has 0 saturated carbocycles. The number of hydrogen-bond donors (Lipinski definition) is 0. The first-order valence-corrected chi connectivity index (χ1v) is 7.15. The Bertz CT molecular complexity index is 1030. The van der Waals surface area contributed by atoms with E-state index in [9.17, 15) is 4.79 Å². The molecule has 7 heteroatoms. The highest BCUT2D eigenvalue weighted by molar-refractivity contribution is 5.47. The van der Waals surface area contributed by atoms with E-state index in [1.54, 1.807) is 24.3 Å². The summed E-state index contributed by atoms with van der Waals surface area (Å²) in [6.45, 7) is 1.96. The van der Waals surface area contributed by atoms with Gasteiger partial charge in [-0.1, -0.05) is 18.2 Å². The predicted octanol–water partition coefficient (Wildman–Crippen LogP) is 1.23. The van der Waals surface area contributed by atoms with Crippen LogP contribution in [-0.2, 0) is 13.7 Å². The molecule has 2 heterocycles. The van der Waals surface area contributed by atoms with Crippen LogP contribution in [0.4, 0.5) is 0 Å². The molecule has 0 saturated heterocycles. The molecule has 3 rings (SSSR count). The van der Waals surface area contributed by atoms with E-state index >= 15 is 0 Å². The van der Waals surface area contributed by atoms with E-state index < -0.39 is 5.69 Å². The Kier molecular flexibility index (Phi) is 3.78. The molecule has 0 amide bonds. The molecule has 0 radical (unpaired) electrons. The van der Waals surface area contributed by atoms with Gasteiger partial charge in [-0.15, -0.1) is 6.42 Å². The molecule has 0 fully saturated rings. The van der Waals surface area contributed by atoms with Crippen molar-refractivity contribution in [3.05, 3.63) is 63.8 Å². The van der Waals surface area contributed by atoms with E-state index in [2.05, 4.69) is 21.3 Å². The first kappa shape index (κ1) is 14.2. The van der Waals surface area contributed by atoms with E-state index in [1.807, 2.05) is 6.92 Å². The number of hydrogen-bond acceptors (Lipinski definition) is 5. The molecule has 7 nitrogen and oxygen atoms in total. The fourth-order valence-electron chi connectivity index (χ4n) is 2.22. The summed E-state index contributed by atoms with van der Waals surface area (Å²) >= 11 is 0. The minimum absolute atomic E-state index is 0.101. The number of terminal acetylenes is 1. The molecule has 0 aliphatic carbocycles. The Morgan fingerprint density at radius 3 is 2.88 bits per heavy atom. The van der Waals surface area contributed by atoms with Crippen molar-refractivity contribution in [3.8, 4) is 23.8 Å². The van der Waals surface area contributed by atoms with Crippen molar-refractivity contribution in [2.75, 3.05) is 0 Å². The Labute approximate surface area is 139 Å². The molecule has 2 aromatic heterocycles. The fraction of sp³-hybridized carbons (Fsp3) is 0.176. The monoisotopic (exact) mass is 323 g/mol. The molecule has 1 aromatic carbocycles. The van der Waals surface area contributed by atoms with E-state index in [4.69, 9.17) is 12.5 Å². The van der Waals surface area contributed by atoms with Crippen LogP contribution in [0.1, 0.15) is 18.2 Å². The summed E-state index contributed by atoms with van der Waals surface area (Å²) in [5.74, 6) is 3.13. The van der Waals surface area contributed by atoms with Crippen LogP contribution < -0.4 is 10.4 Å². The summed E-state index contributed by atoms with van der Waals surface area (Å²) in [4.78, 5) is 16.3. The number of rotatable bonds is 4. The van der Waals surface area contributed by atoms with Gasteiger partial charge < -0.3 is 4.74 Å². The summed E-state index contributed by atoms with van der Waals surface area (Å²) in [5.41, 5.74) is 1.82. The zero-order chi connectivity index (χ0) is 18.0. The number of nitrogens with zero attached hydrogens (tertiary/aromatic N) is 5. The van der Waals surface area contributed by atoms with Crippen molar-refractivity contribution in [2.45, 2.75) is 13.5 Å². The molecule has 0 bridgehead atoms. The van der Waals surface area contributed by atoms with E-state index in [1.165, 1.54) is 13.2 Å². The number of para-hydroxylation sites is 1. The van der Waals surface area contributed by atoms with E-state index in [0.717, 1.165) is 14.9 Å². The number of tetrazole rings is 1. The second-order valence-electron chi connectivity index (χ2n) is 5.08.